The van der Waals surface area contributed by atoms with E-state index >= 15 is 0 Å². The van der Waals surface area contributed by atoms with Crippen LogP contribution in [-0.2, 0) is 11.8 Å². The van der Waals surface area contributed by atoms with Crippen LogP contribution in [0.3, 0.4) is 0 Å². The summed E-state index contributed by atoms with van der Waals surface area (Å²) < 4.78 is 8.63. The zero-order valence-electron chi connectivity index (χ0n) is 19.7. The van der Waals surface area contributed by atoms with Gasteiger partial charge in [-0.05, 0) is 42.8 Å². The van der Waals surface area contributed by atoms with E-state index in [9.17, 15) is 9.59 Å². The minimum absolute atomic E-state index is 0.242. The molecule has 3 aromatic carbocycles. The average Bonchev–Trinajstić information content (AvgIpc) is 3.31. The molecule has 5 rings (SSSR count). The molecular formula is C28H24N4O3. The number of hydrogen-bond donors (Lipinski definition) is 0. The molecular weight excluding hydrogens is 440 g/mol. The second-order valence-electron chi connectivity index (χ2n) is 8.16. The number of ether oxygens (including phenoxy) is 1. The van der Waals surface area contributed by atoms with Crippen LogP contribution in [0.15, 0.2) is 100 Å². The summed E-state index contributed by atoms with van der Waals surface area (Å²) in [4.78, 5) is 33.6. The Morgan fingerprint density at radius 3 is 2.26 bits per heavy atom. The molecule has 0 saturated carbocycles. The number of carbonyl (C=O) groups excluding carboxylic acids is 1. The molecule has 0 fully saturated rings. The Hall–Kier alpha value is -4.65. The van der Waals surface area contributed by atoms with Gasteiger partial charge in [0.1, 0.15) is 23.0 Å². The van der Waals surface area contributed by atoms with Gasteiger partial charge in [-0.2, -0.15) is 0 Å². The first-order valence-corrected chi connectivity index (χ1v) is 11.2. The van der Waals surface area contributed by atoms with Gasteiger partial charge in [-0.1, -0.05) is 60.7 Å². The average molecular weight is 465 g/mol. The Balaban J connectivity index is 1.69. The van der Waals surface area contributed by atoms with Crippen LogP contribution in [0, 0.1) is 6.92 Å². The number of methoxy groups -OCH3 is 1. The Kier molecular flexibility index (Phi) is 5.66. The minimum Gasteiger partial charge on any atom is -0.497 e. The quantitative estimate of drug-likeness (QED) is 0.413. The lowest BCUT2D eigenvalue weighted by atomic mass is 10.1. The molecule has 1 amide bonds. The van der Waals surface area contributed by atoms with Crippen molar-refractivity contribution < 1.29 is 9.53 Å². The fourth-order valence-corrected chi connectivity index (χ4v) is 4.21. The SMILES string of the molecule is COc1cccc(C=C2N=C(c3ccccc3)N(c3c(C)n(C)n(-c4ccccc4)c3=O)C2=O)c1. The molecule has 0 spiro atoms. The summed E-state index contributed by atoms with van der Waals surface area (Å²) in [7, 11) is 3.40. The molecule has 1 aromatic heterocycles. The van der Waals surface area contributed by atoms with Crippen molar-refractivity contribution in [3.05, 3.63) is 118 Å². The number of para-hydroxylation sites is 1. The van der Waals surface area contributed by atoms with Gasteiger partial charge in [0.25, 0.3) is 11.5 Å². The normalized spacial score (nSPS) is 14.5. The Bertz CT molecular complexity index is 1530. The number of carbonyl (C=O) groups is 1. The van der Waals surface area contributed by atoms with Crippen LogP contribution in [0.4, 0.5) is 5.69 Å². The highest BCUT2D eigenvalue weighted by atomic mass is 16.5. The maximum absolute atomic E-state index is 13.8. The van der Waals surface area contributed by atoms with E-state index in [-0.39, 0.29) is 22.9 Å². The summed E-state index contributed by atoms with van der Waals surface area (Å²) in [5.74, 6) is 0.729. The molecule has 174 valence electrons. The molecule has 1 aliphatic rings. The van der Waals surface area contributed by atoms with Crippen molar-refractivity contribution in [3.63, 3.8) is 0 Å². The van der Waals surface area contributed by atoms with Crippen LogP contribution in [0.5, 0.6) is 5.75 Å². The van der Waals surface area contributed by atoms with E-state index in [0.29, 0.717) is 23.0 Å². The first-order valence-electron chi connectivity index (χ1n) is 11.2. The molecule has 0 aliphatic carbocycles. The summed E-state index contributed by atoms with van der Waals surface area (Å²) in [5.41, 5.74) is 3.10. The van der Waals surface area contributed by atoms with Gasteiger partial charge in [-0.25, -0.2) is 9.67 Å². The van der Waals surface area contributed by atoms with Crippen LogP contribution in [0.2, 0.25) is 0 Å². The smallest absolute Gasteiger partial charge is 0.296 e. The van der Waals surface area contributed by atoms with Gasteiger partial charge in [0.2, 0.25) is 0 Å². The van der Waals surface area contributed by atoms with Gasteiger partial charge in [0.05, 0.1) is 18.5 Å². The second kappa shape index (κ2) is 8.95. The number of anilines is 1. The van der Waals surface area contributed by atoms with Crippen LogP contribution >= 0.6 is 0 Å². The van der Waals surface area contributed by atoms with Crippen molar-refractivity contribution in [2.24, 2.45) is 12.0 Å². The second-order valence-corrected chi connectivity index (χ2v) is 8.16. The highest BCUT2D eigenvalue weighted by Crippen LogP contribution is 2.29. The summed E-state index contributed by atoms with van der Waals surface area (Å²) in [6.45, 7) is 1.83. The zero-order chi connectivity index (χ0) is 24.5. The predicted molar refractivity (Wildman–Crippen MR) is 137 cm³/mol. The van der Waals surface area contributed by atoms with E-state index in [1.807, 2.05) is 91.9 Å². The number of aromatic nitrogens is 2. The van der Waals surface area contributed by atoms with E-state index in [1.54, 1.807) is 29.6 Å². The first-order chi connectivity index (χ1) is 17.0. The van der Waals surface area contributed by atoms with Gasteiger partial charge < -0.3 is 4.74 Å². The number of aliphatic imine (C=N–C) groups is 1. The lowest BCUT2D eigenvalue weighted by molar-refractivity contribution is -0.113. The van der Waals surface area contributed by atoms with E-state index in [0.717, 1.165) is 11.1 Å². The van der Waals surface area contributed by atoms with Crippen molar-refractivity contribution >= 4 is 23.5 Å². The molecule has 35 heavy (non-hydrogen) atoms. The Morgan fingerprint density at radius 1 is 0.886 bits per heavy atom. The molecule has 1 aliphatic heterocycles. The van der Waals surface area contributed by atoms with Crippen molar-refractivity contribution in [1.29, 1.82) is 0 Å². The Labute approximate surface area is 202 Å². The summed E-state index contributed by atoms with van der Waals surface area (Å²) in [5, 5.41) is 0. The van der Waals surface area contributed by atoms with E-state index in [2.05, 4.69) is 0 Å². The fraction of sp³-hybridized carbons (Fsp3) is 0.107. The standard InChI is InChI=1S/C28H24N4O3/c1-19-25(28(34)32(30(19)2)22-14-8-5-9-15-22)31-26(21-12-6-4-7-13-21)29-24(27(31)33)18-20-11-10-16-23(17-20)35-3/h4-18H,1-3H3. The third-order valence-corrected chi connectivity index (χ3v) is 6.04. The van der Waals surface area contributed by atoms with E-state index < -0.39 is 0 Å². The van der Waals surface area contributed by atoms with Crippen molar-refractivity contribution in [3.8, 4) is 11.4 Å². The van der Waals surface area contributed by atoms with Gasteiger partial charge >= 0.3 is 0 Å². The zero-order valence-corrected chi connectivity index (χ0v) is 19.7. The minimum atomic E-state index is -0.363. The van der Waals surface area contributed by atoms with E-state index in [1.165, 1.54) is 4.90 Å². The maximum Gasteiger partial charge on any atom is 0.296 e. The molecule has 0 atom stereocenters. The summed E-state index contributed by atoms with van der Waals surface area (Å²) >= 11 is 0. The maximum atomic E-state index is 13.8. The van der Waals surface area contributed by atoms with Crippen LogP contribution < -0.4 is 15.2 Å². The van der Waals surface area contributed by atoms with Crippen molar-refractivity contribution in [2.75, 3.05) is 12.0 Å². The van der Waals surface area contributed by atoms with E-state index in [4.69, 9.17) is 9.73 Å². The third kappa shape index (κ3) is 3.87. The van der Waals surface area contributed by atoms with Crippen LogP contribution in [0.25, 0.3) is 11.8 Å². The number of amides is 1. The highest BCUT2D eigenvalue weighted by Gasteiger charge is 2.37. The monoisotopic (exact) mass is 464 g/mol. The van der Waals surface area contributed by atoms with Crippen molar-refractivity contribution in [2.45, 2.75) is 6.92 Å². The molecule has 0 bridgehead atoms. The number of hydrogen-bond acceptors (Lipinski definition) is 4. The number of amidine groups is 1. The molecule has 7 heteroatoms. The topological polar surface area (TPSA) is 68.8 Å². The van der Waals surface area contributed by atoms with Crippen LogP contribution in [0.1, 0.15) is 16.8 Å². The summed E-state index contributed by atoms with van der Waals surface area (Å²) in [6, 6.07) is 26.2. The largest absolute Gasteiger partial charge is 0.497 e. The van der Waals surface area contributed by atoms with Gasteiger partial charge in [0, 0.05) is 12.6 Å². The fourth-order valence-electron chi connectivity index (χ4n) is 4.21. The van der Waals surface area contributed by atoms with Gasteiger partial charge in [-0.15, -0.1) is 0 Å². The number of benzene rings is 3. The number of nitrogens with zero attached hydrogens (tertiary/aromatic N) is 4. The predicted octanol–water partition coefficient (Wildman–Crippen LogP) is 4.33. The molecule has 0 unspecified atom stereocenters. The number of rotatable bonds is 5. The van der Waals surface area contributed by atoms with Crippen molar-refractivity contribution in [1.82, 2.24) is 9.36 Å². The van der Waals surface area contributed by atoms with Gasteiger partial charge in [0.15, 0.2) is 0 Å². The Morgan fingerprint density at radius 2 is 1.57 bits per heavy atom. The highest BCUT2D eigenvalue weighted by molar-refractivity contribution is 6.33. The molecule has 2 heterocycles. The third-order valence-electron chi connectivity index (χ3n) is 6.04. The van der Waals surface area contributed by atoms with Crippen LogP contribution in [-0.4, -0.2) is 28.2 Å². The molecule has 0 saturated heterocycles. The first kappa shape index (κ1) is 22.2. The van der Waals surface area contributed by atoms with Gasteiger partial charge in [-0.3, -0.25) is 19.2 Å². The lowest BCUT2D eigenvalue weighted by Gasteiger charge is -2.17. The molecule has 4 aromatic rings. The summed E-state index contributed by atoms with van der Waals surface area (Å²) in [6.07, 6.45) is 1.71. The molecule has 0 N–H and O–H groups in total. The lowest BCUT2D eigenvalue weighted by Crippen LogP contribution is -2.36. The molecule has 7 nitrogen and oxygen atoms in total. The molecule has 0 radical (unpaired) electrons.